The number of benzene rings is 1. The Morgan fingerprint density at radius 1 is 1.14 bits per heavy atom. The highest BCUT2D eigenvalue weighted by atomic mass is 28.3. The van der Waals surface area contributed by atoms with E-state index in [1.54, 1.807) is 0 Å². The van der Waals surface area contributed by atoms with Gasteiger partial charge in [-0.2, -0.15) is 0 Å². The average Bonchev–Trinajstić information content (AvgIpc) is 2.42. The average molecular weight is 305 g/mol. The van der Waals surface area contributed by atoms with Crippen molar-refractivity contribution < 1.29 is 4.79 Å². The zero-order chi connectivity index (χ0) is 16.1. The molecule has 1 nitrogen and oxygen atoms in total. The second-order valence-corrected chi connectivity index (χ2v) is 13.4. The van der Waals surface area contributed by atoms with Crippen LogP contribution in [0.15, 0.2) is 30.3 Å². The fourth-order valence-electron chi connectivity index (χ4n) is 2.67. The van der Waals surface area contributed by atoms with Crippen LogP contribution in [0.3, 0.4) is 0 Å². The summed E-state index contributed by atoms with van der Waals surface area (Å²) in [5, 5.41) is 0.244. The predicted octanol–water partition coefficient (Wildman–Crippen LogP) is 5.87. The smallest absolute Gasteiger partial charge is 0.133 e. The molecular weight excluding hydrogens is 272 g/mol. The molecule has 0 aliphatic heterocycles. The standard InChI is InChI=1S/C19H32OSi/c1-7-8-14-17(20)18(21(5,6)19(2,3)4)15-16-12-10-9-11-13-16/h9-13,18H,7-8,14-15H2,1-6H3/t18-/m0/s1. The molecule has 1 atom stereocenters. The molecule has 0 radical (unpaired) electrons. The maximum Gasteiger partial charge on any atom is 0.133 e. The van der Waals surface area contributed by atoms with Crippen LogP contribution in [0.4, 0.5) is 0 Å². The predicted molar refractivity (Wildman–Crippen MR) is 95.6 cm³/mol. The number of hydrogen-bond acceptors (Lipinski definition) is 1. The third-order valence-corrected chi connectivity index (χ3v) is 11.4. The molecule has 1 rings (SSSR count). The minimum Gasteiger partial charge on any atom is -0.300 e. The Kier molecular flexibility index (Phi) is 6.39. The summed E-state index contributed by atoms with van der Waals surface area (Å²) in [5.41, 5.74) is 1.53. The van der Waals surface area contributed by atoms with Crippen LogP contribution in [0.5, 0.6) is 0 Å². The Balaban J connectivity index is 3.03. The van der Waals surface area contributed by atoms with Crippen LogP contribution in [0, 0.1) is 0 Å². The molecule has 0 heterocycles. The molecule has 0 saturated heterocycles. The molecular formula is C19H32OSi. The highest BCUT2D eigenvalue weighted by Crippen LogP contribution is 2.45. The van der Waals surface area contributed by atoms with Gasteiger partial charge in [0.15, 0.2) is 0 Å². The first-order valence-electron chi connectivity index (χ1n) is 8.26. The first-order chi connectivity index (χ1) is 9.70. The van der Waals surface area contributed by atoms with E-state index in [1.165, 1.54) is 5.56 Å². The zero-order valence-electron chi connectivity index (χ0n) is 14.7. The summed E-state index contributed by atoms with van der Waals surface area (Å²) in [5.74, 6) is 0.493. The molecule has 1 aromatic rings. The van der Waals surface area contributed by atoms with Crippen molar-refractivity contribution in [1.29, 1.82) is 0 Å². The highest BCUT2D eigenvalue weighted by Gasteiger charge is 2.44. The van der Waals surface area contributed by atoms with Gasteiger partial charge in [-0.1, -0.05) is 77.5 Å². The van der Waals surface area contributed by atoms with Gasteiger partial charge in [-0.15, -0.1) is 0 Å². The molecule has 21 heavy (non-hydrogen) atoms. The molecule has 0 bridgehead atoms. The van der Waals surface area contributed by atoms with Crippen molar-refractivity contribution in [3.05, 3.63) is 35.9 Å². The van der Waals surface area contributed by atoms with E-state index in [2.05, 4.69) is 65.1 Å². The lowest BCUT2D eigenvalue weighted by atomic mass is 10.0. The second-order valence-electron chi connectivity index (χ2n) is 7.78. The van der Waals surface area contributed by atoms with E-state index in [-0.39, 0.29) is 10.6 Å². The number of rotatable bonds is 7. The largest absolute Gasteiger partial charge is 0.300 e. The molecule has 0 unspecified atom stereocenters. The molecule has 0 spiro atoms. The van der Waals surface area contributed by atoms with Gasteiger partial charge in [0.2, 0.25) is 0 Å². The molecule has 0 saturated carbocycles. The number of ketones is 1. The number of hydrogen-bond donors (Lipinski definition) is 0. The van der Waals surface area contributed by atoms with Crippen molar-refractivity contribution in [3.63, 3.8) is 0 Å². The Labute approximate surface area is 132 Å². The van der Waals surface area contributed by atoms with Crippen molar-refractivity contribution in [2.24, 2.45) is 0 Å². The third kappa shape index (κ3) is 4.81. The van der Waals surface area contributed by atoms with Gasteiger partial charge >= 0.3 is 0 Å². The fourth-order valence-corrected chi connectivity index (χ4v) is 5.41. The SMILES string of the molecule is CCCCC(=O)[C@H](Cc1ccccc1)[Si](C)(C)C(C)(C)C. The van der Waals surface area contributed by atoms with Gasteiger partial charge in [0.05, 0.1) is 8.07 Å². The third-order valence-electron chi connectivity index (χ3n) is 5.25. The Morgan fingerprint density at radius 3 is 2.19 bits per heavy atom. The summed E-state index contributed by atoms with van der Waals surface area (Å²) in [6.45, 7) is 13.9. The normalized spacial score (nSPS) is 14.0. The lowest BCUT2D eigenvalue weighted by Crippen LogP contribution is -2.46. The van der Waals surface area contributed by atoms with Crippen LogP contribution in [0.2, 0.25) is 23.7 Å². The second kappa shape index (κ2) is 7.39. The monoisotopic (exact) mass is 304 g/mol. The van der Waals surface area contributed by atoms with Crippen LogP contribution in [0.1, 0.15) is 52.5 Å². The maximum atomic E-state index is 12.8. The van der Waals surface area contributed by atoms with Crippen molar-refractivity contribution in [3.8, 4) is 0 Å². The molecule has 118 valence electrons. The summed E-state index contributed by atoms with van der Waals surface area (Å²) in [6.07, 6.45) is 3.79. The lowest BCUT2D eigenvalue weighted by molar-refractivity contribution is -0.119. The quantitative estimate of drug-likeness (QED) is 0.576. The van der Waals surface area contributed by atoms with E-state index in [1.807, 2.05) is 6.07 Å². The molecule has 0 aliphatic rings. The number of carbonyl (C=O) groups excluding carboxylic acids is 1. The van der Waals surface area contributed by atoms with Gasteiger partial charge in [0.1, 0.15) is 5.78 Å². The summed E-state index contributed by atoms with van der Waals surface area (Å²) < 4.78 is 0. The first kappa shape index (κ1) is 18.2. The molecule has 2 heteroatoms. The molecule has 0 fully saturated rings. The zero-order valence-corrected chi connectivity index (χ0v) is 15.7. The van der Waals surface area contributed by atoms with Crippen LogP contribution in [-0.4, -0.2) is 13.9 Å². The van der Waals surface area contributed by atoms with E-state index in [0.717, 1.165) is 25.7 Å². The number of unbranched alkanes of at least 4 members (excludes halogenated alkanes) is 1. The van der Waals surface area contributed by atoms with Gasteiger partial charge in [-0.05, 0) is 23.4 Å². The summed E-state index contributed by atoms with van der Waals surface area (Å²) >= 11 is 0. The highest BCUT2D eigenvalue weighted by molar-refractivity contribution is 6.84. The van der Waals surface area contributed by atoms with Gasteiger partial charge < -0.3 is 0 Å². The van der Waals surface area contributed by atoms with Crippen LogP contribution in [-0.2, 0) is 11.2 Å². The van der Waals surface area contributed by atoms with Crippen molar-refractivity contribution >= 4 is 13.9 Å². The summed E-state index contributed by atoms with van der Waals surface area (Å²) in [4.78, 5) is 12.8. The van der Waals surface area contributed by atoms with E-state index < -0.39 is 8.07 Å². The van der Waals surface area contributed by atoms with Crippen molar-refractivity contribution in [2.45, 2.75) is 77.1 Å². The van der Waals surface area contributed by atoms with Gasteiger partial charge in [0, 0.05) is 12.0 Å². The van der Waals surface area contributed by atoms with Gasteiger partial charge in [-0.3, -0.25) is 4.79 Å². The van der Waals surface area contributed by atoms with E-state index in [9.17, 15) is 4.79 Å². The molecule has 0 amide bonds. The van der Waals surface area contributed by atoms with Crippen LogP contribution in [0.25, 0.3) is 0 Å². The summed E-state index contributed by atoms with van der Waals surface area (Å²) in [7, 11) is -1.68. The van der Waals surface area contributed by atoms with Crippen molar-refractivity contribution in [2.75, 3.05) is 0 Å². The minimum absolute atomic E-state index is 0.228. The Bertz CT molecular complexity index is 442. The van der Waals surface area contributed by atoms with E-state index in [4.69, 9.17) is 0 Å². The lowest BCUT2D eigenvalue weighted by Gasteiger charge is -2.43. The van der Waals surface area contributed by atoms with Crippen molar-refractivity contribution in [1.82, 2.24) is 0 Å². The Hall–Kier alpha value is -0.893. The summed E-state index contributed by atoms with van der Waals surface area (Å²) in [6, 6.07) is 10.5. The van der Waals surface area contributed by atoms with Gasteiger partial charge in [0.25, 0.3) is 0 Å². The fraction of sp³-hybridized carbons (Fsp3) is 0.632. The van der Waals surface area contributed by atoms with Crippen LogP contribution < -0.4 is 0 Å². The number of Topliss-reactive ketones (excluding diaryl/α,β-unsaturated/α-hetero) is 1. The van der Waals surface area contributed by atoms with E-state index in [0.29, 0.717) is 5.78 Å². The Morgan fingerprint density at radius 2 is 1.71 bits per heavy atom. The molecule has 0 aromatic heterocycles. The van der Waals surface area contributed by atoms with Gasteiger partial charge in [-0.25, -0.2) is 0 Å². The van der Waals surface area contributed by atoms with E-state index >= 15 is 0 Å². The molecule has 0 N–H and O–H groups in total. The molecule has 1 aromatic carbocycles. The first-order valence-corrected chi connectivity index (χ1v) is 11.3. The topological polar surface area (TPSA) is 17.1 Å². The molecule has 0 aliphatic carbocycles. The maximum absolute atomic E-state index is 12.8. The van der Waals surface area contributed by atoms with Crippen LogP contribution >= 0.6 is 0 Å². The minimum atomic E-state index is -1.68. The number of carbonyl (C=O) groups is 1.